The second-order valence-corrected chi connectivity index (χ2v) is 8.57. The molecule has 0 spiro atoms. The third kappa shape index (κ3) is 3.64. The largest absolute Gasteiger partial charge is 0.496 e. The van der Waals surface area contributed by atoms with E-state index in [9.17, 15) is 0 Å². The molecule has 0 N–H and O–H groups in total. The highest BCUT2D eigenvalue weighted by Crippen LogP contribution is 2.39. The lowest BCUT2D eigenvalue weighted by atomic mass is 9.86. The molecule has 148 valence electrons. The van der Waals surface area contributed by atoms with Gasteiger partial charge < -0.3 is 9.64 Å². The number of hydrogen-bond donors (Lipinski definition) is 0. The van der Waals surface area contributed by atoms with E-state index < -0.39 is 0 Å². The molecule has 2 heterocycles. The summed E-state index contributed by atoms with van der Waals surface area (Å²) in [6.45, 7) is 7.29. The number of amidine groups is 2. The van der Waals surface area contributed by atoms with Gasteiger partial charge in [-0.1, -0.05) is 44.2 Å². The smallest absolute Gasteiger partial charge is 0.169 e. The molecule has 0 fully saturated rings. The predicted octanol–water partition coefficient (Wildman–Crippen LogP) is 5.35. The van der Waals surface area contributed by atoms with Crippen molar-refractivity contribution >= 4 is 28.3 Å². The van der Waals surface area contributed by atoms with E-state index in [0.29, 0.717) is 5.92 Å². The van der Waals surface area contributed by atoms with Gasteiger partial charge in [0.05, 0.1) is 7.11 Å². The van der Waals surface area contributed by atoms with Crippen LogP contribution in [0.15, 0.2) is 51.0 Å². The van der Waals surface area contributed by atoms with E-state index >= 15 is 0 Å². The quantitative estimate of drug-likeness (QED) is 0.630. The van der Waals surface area contributed by atoms with E-state index in [1.165, 1.54) is 28.0 Å². The summed E-state index contributed by atoms with van der Waals surface area (Å²) in [5.74, 6) is 2.53. The van der Waals surface area contributed by atoms with Crippen LogP contribution in [0.2, 0.25) is 0 Å². The van der Waals surface area contributed by atoms with Gasteiger partial charge >= 0.3 is 0 Å². The van der Waals surface area contributed by atoms with E-state index in [2.05, 4.69) is 49.1 Å². The zero-order valence-corrected chi connectivity index (χ0v) is 17.9. The Balaban J connectivity index is 1.75. The van der Waals surface area contributed by atoms with Crippen LogP contribution in [-0.4, -0.2) is 42.6 Å². The summed E-state index contributed by atoms with van der Waals surface area (Å²) in [6.07, 6.45) is 8.75. The molecule has 0 amide bonds. The Bertz CT molecular complexity index is 869. The van der Waals surface area contributed by atoms with Crippen molar-refractivity contribution in [3.8, 4) is 0 Å². The third-order valence-electron chi connectivity index (χ3n) is 5.52. The molecule has 1 aromatic carbocycles. The van der Waals surface area contributed by atoms with Gasteiger partial charge in [0, 0.05) is 35.7 Å². The molecule has 1 aliphatic carbocycles. The minimum absolute atomic E-state index is 0.452. The van der Waals surface area contributed by atoms with Gasteiger partial charge in [-0.15, -0.1) is 0 Å². The lowest BCUT2D eigenvalue weighted by Crippen LogP contribution is -2.42. The Morgan fingerprint density at radius 3 is 3.07 bits per heavy atom. The molecule has 0 aromatic heterocycles. The van der Waals surface area contributed by atoms with Crippen LogP contribution in [0.25, 0.3) is 5.57 Å². The number of methoxy groups -OCH3 is 1. The van der Waals surface area contributed by atoms with E-state index in [1.807, 2.05) is 0 Å². The van der Waals surface area contributed by atoms with Crippen LogP contribution >= 0.6 is 11.8 Å². The first-order valence-electron chi connectivity index (χ1n) is 10.4. The van der Waals surface area contributed by atoms with Crippen molar-refractivity contribution in [1.82, 2.24) is 4.90 Å². The number of aliphatic imine (C=N–C) groups is 2. The molecule has 28 heavy (non-hydrogen) atoms. The number of thioether (sulfide) groups is 1. The van der Waals surface area contributed by atoms with Gasteiger partial charge in [0.2, 0.25) is 0 Å². The number of ether oxygens (including phenoxy) is 1. The number of hydrogen-bond acceptors (Lipinski definition) is 4. The molecule has 1 atom stereocenters. The third-order valence-corrected chi connectivity index (χ3v) is 6.61. The number of fused-ring (bicyclic) bond motifs is 3. The number of rotatable bonds is 5. The summed E-state index contributed by atoms with van der Waals surface area (Å²) in [5, 5.41) is 1.11. The van der Waals surface area contributed by atoms with E-state index in [-0.39, 0.29) is 0 Å². The summed E-state index contributed by atoms with van der Waals surface area (Å²) in [7, 11) is 1.76. The van der Waals surface area contributed by atoms with Gasteiger partial charge in [0.25, 0.3) is 0 Å². The maximum atomic E-state index is 5.68. The summed E-state index contributed by atoms with van der Waals surface area (Å²) < 4.78 is 5.68. The molecule has 0 saturated carbocycles. The Hall–Kier alpha value is -2.01. The molecule has 0 saturated heterocycles. The first kappa shape index (κ1) is 19.3. The topological polar surface area (TPSA) is 37.2 Å². The van der Waals surface area contributed by atoms with Gasteiger partial charge in [0.1, 0.15) is 11.6 Å². The molecule has 4 nitrogen and oxygen atoms in total. The summed E-state index contributed by atoms with van der Waals surface area (Å²) in [6, 6.07) is 6.79. The molecule has 2 aliphatic heterocycles. The Morgan fingerprint density at radius 1 is 1.36 bits per heavy atom. The fourth-order valence-corrected chi connectivity index (χ4v) is 5.11. The normalized spacial score (nSPS) is 22.8. The predicted molar refractivity (Wildman–Crippen MR) is 119 cm³/mol. The van der Waals surface area contributed by atoms with E-state index in [4.69, 9.17) is 14.7 Å². The van der Waals surface area contributed by atoms with Crippen molar-refractivity contribution in [3.05, 3.63) is 47.2 Å². The highest BCUT2D eigenvalue weighted by Gasteiger charge is 2.31. The lowest BCUT2D eigenvalue weighted by molar-refractivity contribution is 0.304. The van der Waals surface area contributed by atoms with Crippen LogP contribution < -0.4 is 0 Å². The minimum Gasteiger partial charge on any atom is -0.496 e. The fourth-order valence-electron chi connectivity index (χ4n) is 4.02. The molecule has 4 rings (SSSR count). The van der Waals surface area contributed by atoms with Crippen LogP contribution in [0.3, 0.4) is 0 Å². The molecule has 5 heteroatoms. The first-order chi connectivity index (χ1) is 13.7. The monoisotopic (exact) mass is 395 g/mol. The summed E-state index contributed by atoms with van der Waals surface area (Å²) in [4.78, 5) is 13.4. The summed E-state index contributed by atoms with van der Waals surface area (Å²) in [5.41, 5.74) is 3.78. The number of benzene rings is 1. The fraction of sp³-hybridized carbons (Fsp3) is 0.478. The second-order valence-electron chi connectivity index (χ2n) is 7.56. The van der Waals surface area contributed by atoms with Gasteiger partial charge in [0.15, 0.2) is 5.17 Å². The SMILES string of the molecule is CCCCN=C1Sc2cc(C3=C(OC)C=CCC3C)ccc2C2=NCCCN12. The zero-order valence-electron chi connectivity index (χ0n) is 17.1. The van der Waals surface area contributed by atoms with Crippen LogP contribution in [-0.2, 0) is 4.74 Å². The standard InChI is InChI=1S/C23H29N3OS/c1-4-5-12-25-23-26-14-7-13-24-22(26)18-11-10-17(15-20(18)28-23)21-16(2)8-6-9-19(21)27-3/h6,9-11,15-16H,4-5,7-8,12-14H2,1-3H3. The maximum Gasteiger partial charge on any atom is 0.169 e. The average molecular weight is 396 g/mol. The Labute approximate surface area is 172 Å². The minimum atomic E-state index is 0.452. The van der Waals surface area contributed by atoms with Crippen molar-refractivity contribution in [2.45, 2.75) is 44.4 Å². The van der Waals surface area contributed by atoms with Crippen LogP contribution in [0.1, 0.15) is 50.7 Å². The van der Waals surface area contributed by atoms with E-state index in [0.717, 1.165) is 55.7 Å². The Kier molecular flexibility index (Phi) is 5.90. The number of allylic oxidation sites excluding steroid dienone is 3. The van der Waals surface area contributed by atoms with Crippen molar-refractivity contribution in [1.29, 1.82) is 0 Å². The maximum absolute atomic E-state index is 5.68. The van der Waals surface area contributed by atoms with E-state index in [1.54, 1.807) is 18.9 Å². The molecule has 1 unspecified atom stereocenters. The lowest BCUT2D eigenvalue weighted by Gasteiger charge is -2.35. The molecular formula is C23H29N3OS. The average Bonchev–Trinajstić information content (AvgIpc) is 2.73. The molecule has 3 aliphatic rings. The molecular weight excluding hydrogens is 366 g/mol. The van der Waals surface area contributed by atoms with Gasteiger partial charge in [-0.05, 0) is 49.0 Å². The van der Waals surface area contributed by atoms with Crippen molar-refractivity contribution < 1.29 is 4.74 Å². The first-order valence-corrected chi connectivity index (χ1v) is 11.2. The van der Waals surface area contributed by atoms with Crippen molar-refractivity contribution in [2.75, 3.05) is 26.7 Å². The van der Waals surface area contributed by atoms with Gasteiger partial charge in [-0.2, -0.15) is 0 Å². The zero-order chi connectivity index (χ0) is 19.5. The molecule has 1 aromatic rings. The van der Waals surface area contributed by atoms with Gasteiger partial charge in [-0.3, -0.25) is 9.98 Å². The van der Waals surface area contributed by atoms with Crippen LogP contribution in [0.5, 0.6) is 0 Å². The Morgan fingerprint density at radius 2 is 2.25 bits per heavy atom. The number of unbranched alkanes of at least 4 members (excludes halogenated alkanes) is 1. The highest BCUT2D eigenvalue weighted by molar-refractivity contribution is 8.14. The van der Waals surface area contributed by atoms with Crippen molar-refractivity contribution in [3.63, 3.8) is 0 Å². The van der Waals surface area contributed by atoms with Crippen molar-refractivity contribution in [2.24, 2.45) is 15.9 Å². The second kappa shape index (κ2) is 8.56. The van der Waals surface area contributed by atoms with Gasteiger partial charge in [-0.25, -0.2) is 0 Å². The number of nitrogens with zero attached hydrogens (tertiary/aromatic N) is 3. The molecule has 0 bridgehead atoms. The summed E-state index contributed by atoms with van der Waals surface area (Å²) >= 11 is 1.80. The van der Waals surface area contributed by atoms with Crippen LogP contribution in [0, 0.1) is 5.92 Å². The molecule has 0 radical (unpaired) electrons. The highest BCUT2D eigenvalue weighted by atomic mass is 32.2. The van der Waals surface area contributed by atoms with Crippen LogP contribution in [0.4, 0.5) is 0 Å².